The number of rotatable bonds is 2. The van der Waals surface area contributed by atoms with Crippen LogP contribution in [0.25, 0.3) is 0 Å². The molecule has 1 saturated heterocycles. The Labute approximate surface area is 120 Å². The van der Waals surface area contributed by atoms with Crippen molar-refractivity contribution in [1.82, 2.24) is 0 Å². The molecule has 0 aromatic heterocycles. The van der Waals surface area contributed by atoms with Crippen molar-refractivity contribution in [1.29, 1.82) is 0 Å². The Balaban J connectivity index is 2.37. The Morgan fingerprint density at radius 2 is 1.63 bits per heavy atom. The molecule has 0 unspecified atom stereocenters. The van der Waals surface area contributed by atoms with Crippen LogP contribution in [0.1, 0.15) is 33.3 Å². The third kappa shape index (κ3) is 2.49. The van der Waals surface area contributed by atoms with Gasteiger partial charge in [0.1, 0.15) is 5.75 Å². The first-order valence-corrected chi connectivity index (χ1v) is 6.75. The zero-order valence-electron chi connectivity index (χ0n) is 12.3. The number of hydrogen-bond donors (Lipinski definition) is 0. The average molecular weight is 283 g/mol. The van der Waals surface area contributed by atoms with Crippen molar-refractivity contribution in [2.75, 3.05) is 7.11 Å². The molecule has 0 atom stereocenters. The van der Waals surface area contributed by atoms with Crippen LogP contribution in [-0.4, -0.2) is 25.4 Å². The van der Waals surface area contributed by atoms with E-state index in [2.05, 4.69) is 0 Å². The van der Waals surface area contributed by atoms with Crippen LogP contribution in [0.15, 0.2) is 12.1 Å². The number of methoxy groups -OCH3 is 1. The molecule has 1 aromatic carbocycles. The van der Waals surface area contributed by atoms with Crippen molar-refractivity contribution >= 4 is 24.2 Å². The molecular weight excluding hydrogens is 262 g/mol. The van der Waals surface area contributed by atoms with Gasteiger partial charge in [-0.1, -0.05) is 17.7 Å². The van der Waals surface area contributed by atoms with Crippen molar-refractivity contribution in [2.24, 2.45) is 0 Å². The highest BCUT2D eigenvalue weighted by atomic mass is 35.5. The Bertz CT molecular complexity index is 484. The van der Waals surface area contributed by atoms with Crippen LogP contribution in [0, 0.1) is 6.92 Å². The van der Waals surface area contributed by atoms with E-state index in [1.54, 1.807) is 13.2 Å². The molecule has 104 valence electrons. The summed E-state index contributed by atoms with van der Waals surface area (Å²) in [6.45, 7) is 10.1. The van der Waals surface area contributed by atoms with Gasteiger partial charge < -0.3 is 14.0 Å². The topological polar surface area (TPSA) is 27.7 Å². The minimum atomic E-state index is -0.442. The quantitative estimate of drug-likeness (QED) is 0.781. The highest BCUT2D eigenvalue weighted by Gasteiger charge is 2.52. The lowest BCUT2D eigenvalue weighted by molar-refractivity contribution is 0.00578. The van der Waals surface area contributed by atoms with Gasteiger partial charge in [-0.15, -0.1) is 0 Å². The Kier molecular flexibility index (Phi) is 3.63. The van der Waals surface area contributed by atoms with E-state index in [-0.39, 0.29) is 11.2 Å². The summed E-state index contributed by atoms with van der Waals surface area (Å²) in [5, 5.41) is 0.598. The smallest absolute Gasteiger partial charge is 0.496 e. The second kappa shape index (κ2) is 4.69. The van der Waals surface area contributed by atoms with Crippen LogP contribution in [0.5, 0.6) is 5.75 Å². The molecule has 0 spiro atoms. The second-order valence-corrected chi connectivity index (χ2v) is 6.34. The molecule has 1 aliphatic heterocycles. The number of halogens is 1. The van der Waals surface area contributed by atoms with Crippen molar-refractivity contribution < 1.29 is 14.0 Å². The van der Waals surface area contributed by atoms with E-state index >= 15 is 0 Å². The second-order valence-electron chi connectivity index (χ2n) is 5.93. The Morgan fingerprint density at radius 3 is 2.11 bits per heavy atom. The summed E-state index contributed by atoms with van der Waals surface area (Å²) in [5.41, 5.74) is 1.12. The molecule has 0 N–H and O–H groups in total. The number of ether oxygens (including phenoxy) is 1. The van der Waals surface area contributed by atoms with Crippen molar-refractivity contribution in [2.45, 2.75) is 45.8 Å². The van der Waals surface area contributed by atoms with Crippen molar-refractivity contribution in [3.63, 3.8) is 0 Å². The average Bonchev–Trinajstić information content (AvgIpc) is 2.50. The summed E-state index contributed by atoms with van der Waals surface area (Å²) in [6.07, 6.45) is 0. The lowest BCUT2D eigenvalue weighted by Gasteiger charge is -2.32. The molecule has 0 amide bonds. The first-order chi connectivity index (χ1) is 8.68. The first-order valence-electron chi connectivity index (χ1n) is 6.37. The molecule has 2 rings (SSSR count). The summed E-state index contributed by atoms with van der Waals surface area (Å²) < 4.78 is 17.3. The van der Waals surface area contributed by atoms with Crippen LogP contribution in [0.2, 0.25) is 5.02 Å². The Morgan fingerprint density at radius 1 is 1.11 bits per heavy atom. The van der Waals surface area contributed by atoms with Gasteiger partial charge in [-0.2, -0.15) is 0 Å². The molecule has 1 aliphatic rings. The molecule has 19 heavy (non-hydrogen) atoms. The van der Waals surface area contributed by atoms with Gasteiger partial charge in [-0.3, -0.25) is 0 Å². The van der Waals surface area contributed by atoms with E-state index in [1.165, 1.54) is 0 Å². The number of benzene rings is 1. The maximum atomic E-state index is 6.31. The summed E-state index contributed by atoms with van der Waals surface area (Å²) >= 11 is 6.31. The molecule has 0 aliphatic carbocycles. The summed E-state index contributed by atoms with van der Waals surface area (Å²) in [5.74, 6) is 0.769. The summed E-state index contributed by atoms with van der Waals surface area (Å²) in [7, 11) is 1.19. The third-order valence-corrected chi connectivity index (χ3v) is 4.35. The fourth-order valence-electron chi connectivity index (χ4n) is 2.06. The van der Waals surface area contributed by atoms with E-state index in [1.807, 2.05) is 40.7 Å². The highest BCUT2D eigenvalue weighted by Crippen LogP contribution is 2.37. The van der Waals surface area contributed by atoms with Gasteiger partial charge in [-0.25, -0.2) is 0 Å². The fraction of sp³-hybridized carbons (Fsp3) is 0.571. The van der Waals surface area contributed by atoms with E-state index in [0.717, 1.165) is 16.8 Å². The molecule has 0 radical (unpaired) electrons. The van der Waals surface area contributed by atoms with Gasteiger partial charge in [0.2, 0.25) is 0 Å². The normalized spacial score (nSPS) is 20.7. The SMILES string of the molecule is COc1cc(Cl)c(B2OC(C)(C)C(C)(C)O2)cc1C. The van der Waals surface area contributed by atoms with Gasteiger partial charge in [0, 0.05) is 10.5 Å². The van der Waals surface area contributed by atoms with Crippen LogP contribution in [0.3, 0.4) is 0 Å². The van der Waals surface area contributed by atoms with Gasteiger partial charge in [0.25, 0.3) is 0 Å². The van der Waals surface area contributed by atoms with Crippen LogP contribution < -0.4 is 10.2 Å². The summed E-state index contributed by atoms with van der Waals surface area (Å²) in [4.78, 5) is 0. The van der Waals surface area contributed by atoms with Gasteiger partial charge in [0.15, 0.2) is 0 Å². The number of aryl methyl sites for hydroxylation is 1. The van der Waals surface area contributed by atoms with E-state index in [9.17, 15) is 0 Å². The molecule has 3 nitrogen and oxygen atoms in total. The molecular formula is C14H20BClO3. The molecule has 0 bridgehead atoms. The van der Waals surface area contributed by atoms with Crippen molar-refractivity contribution in [3.8, 4) is 5.75 Å². The van der Waals surface area contributed by atoms with Crippen LogP contribution in [-0.2, 0) is 9.31 Å². The maximum Gasteiger partial charge on any atom is 0.496 e. The molecule has 1 heterocycles. The monoisotopic (exact) mass is 282 g/mol. The first kappa shape index (κ1) is 14.7. The zero-order chi connectivity index (χ0) is 14.4. The minimum absolute atomic E-state index is 0.366. The van der Waals surface area contributed by atoms with Crippen molar-refractivity contribution in [3.05, 3.63) is 22.7 Å². The van der Waals surface area contributed by atoms with Crippen LogP contribution in [0.4, 0.5) is 0 Å². The minimum Gasteiger partial charge on any atom is -0.496 e. The fourth-order valence-corrected chi connectivity index (χ4v) is 2.30. The molecule has 0 saturated carbocycles. The molecule has 5 heteroatoms. The van der Waals surface area contributed by atoms with Gasteiger partial charge >= 0.3 is 7.12 Å². The standard InChI is InChI=1S/C14H20BClO3/c1-9-7-10(11(16)8-12(9)17-6)15-18-13(2,3)14(4,5)19-15/h7-8H,1-6H3. The number of hydrogen-bond acceptors (Lipinski definition) is 3. The van der Waals surface area contributed by atoms with Gasteiger partial charge in [0.05, 0.1) is 18.3 Å². The maximum absolute atomic E-state index is 6.31. The highest BCUT2D eigenvalue weighted by molar-refractivity contribution is 6.65. The van der Waals surface area contributed by atoms with E-state index in [0.29, 0.717) is 5.02 Å². The van der Waals surface area contributed by atoms with E-state index in [4.69, 9.17) is 25.6 Å². The zero-order valence-corrected chi connectivity index (χ0v) is 13.1. The summed E-state index contributed by atoms with van der Waals surface area (Å²) in [6, 6.07) is 3.76. The van der Waals surface area contributed by atoms with Gasteiger partial charge in [-0.05, 0) is 46.2 Å². The molecule has 1 fully saturated rings. The third-order valence-electron chi connectivity index (χ3n) is 4.02. The lowest BCUT2D eigenvalue weighted by atomic mass is 9.78. The largest absolute Gasteiger partial charge is 0.496 e. The Hall–Kier alpha value is -0.705. The predicted molar refractivity (Wildman–Crippen MR) is 78.5 cm³/mol. The lowest BCUT2D eigenvalue weighted by Crippen LogP contribution is -2.41. The predicted octanol–water partition coefficient (Wildman–Crippen LogP) is 2.96. The van der Waals surface area contributed by atoms with Crippen LogP contribution >= 0.6 is 11.6 Å². The molecule has 1 aromatic rings. The van der Waals surface area contributed by atoms with E-state index < -0.39 is 7.12 Å².